The average Bonchev–Trinajstić information content (AvgIpc) is 3.19. The monoisotopic (exact) mass is 492 g/mol. The van der Waals surface area contributed by atoms with Gasteiger partial charge in [0.1, 0.15) is 0 Å². The highest BCUT2D eigenvalue weighted by Crippen LogP contribution is 2.33. The fraction of sp³-hybridized carbons (Fsp3) is 0.304. The van der Waals surface area contributed by atoms with Crippen LogP contribution in [0.5, 0.6) is 0 Å². The Morgan fingerprint density at radius 3 is 2.52 bits per heavy atom. The summed E-state index contributed by atoms with van der Waals surface area (Å²) in [4.78, 5) is 50.1. The van der Waals surface area contributed by atoms with E-state index in [4.69, 9.17) is 32.7 Å². The van der Waals surface area contributed by atoms with Crippen molar-refractivity contribution in [1.29, 1.82) is 0 Å². The molecule has 0 bridgehead atoms. The summed E-state index contributed by atoms with van der Waals surface area (Å²) < 4.78 is 10.1. The van der Waals surface area contributed by atoms with Gasteiger partial charge < -0.3 is 19.7 Å². The van der Waals surface area contributed by atoms with Crippen molar-refractivity contribution < 1.29 is 28.7 Å². The van der Waals surface area contributed by atoms with E-state index in [0.717, 1.165) is 6.42 Å². The van der Waals surface area contributed by atoms with E-state index in [-0.39, 0.29) is 18.9 Å². The molecular formula is C23H22Cl2N2O6. The van der Waals surface area contributed by atoms with Gasteiger partial charge >= 0.3 is 11.9 Å². The first kappa shape index (κ1) is 24.5. The smallest absolute Gasteiger partial charge is 0.338 e. The van der Waals surface area contributed by atoms with Crippen LogP contribution < -0.4 is 10.2 Å². The van der Waals surface area contributed by atoms with E-state index in [9.17, 15) is 19.2 Å². The van der Waals surface area contributed by atoms with Crippen LogP contribution in [0.15, 0.2) is 42.5 Å². The molecule has 33 heavy (non-hydrogen) atoms. The maximum Gasteiger partial charge on any atom is 0.338 e. The number of nitrogens with one attached hydrogen (secondary N) is 1. The second kappa shape index (κ2) is 11.2. The van der Waals surface area contributed by atoms with Crippen LogP contribution in [0.2, 0.25) is 10.0 Å². The van der Waals surface area contributed by atoms with Gasteiger partial charge in [0, 0.05) is 23.7 Å². The van der Waals surface area contributed by atoms with Crippen LogP contribution in [0.3, 0.4) is 0 Å². The quantitative estimate of drug-likeness (QED) is 0.556. The molecule has 0 aromatic heterocycles. The van der Waals surface area contributed by atoms with E-state index in [1.54, 1.807) is 30.3 Å². The number of hydrogen-bond donors (Lipinski definition) is 1. The molecule has 1 aliphatic rings. The van der Waals surface area contributed by atoms with E-state index < -0.39 is 30.4 Å². The van der Waals surface area contributed by atoms with Crippen LogP contribution in [-0.2, 0) is 23.9 Å². The third kappa shape index (κ3) is 6.46. The van der Waals surface area contributed by atoms with Crippen molar-refractivity contribution in [1.82, 2.24) is 0 Å². The molecule has 8 nitrogen and oxygen atoms in total. The van der Waals surface area contributed by atoms with Gasteiger partial charge in [-0.25, -0.2) is 4.79 Å². The molecule has 1 fully saturated rings. The number of benzene rings is 2. The van der Waals surface area contributed by atoms with E-state index in [2.05, 4.69) is 5.32 Å². The molecule has 0 aliphatic carbocycles. The molecule has 174 valence electrons. The topological polar surface area (TPSA) is 102 Å². The zero-order chi connectivity index (χ0) is 24.0. The van der Waals surface area contributed by atoms with E-state index in [1.807, 2.05) is 6.92 Å². The number of carbonyl (C=O) groups excluding carboxylic acids is 4. The molecule has 1 heterocycles. The molecule has 0 unspecified atom stereocenters. The van der Waals surface area contributed by atoms with Gasteiger partial charge in [0.2, 0.25) is 5.91 Å². The van der Waals surface area contributed by atoms with Crippen molar-refractivity contribution in [3.8, 4) is 0 Å². The minimum absolute atomic E-state index is 0.0567. The van der Waals surface area contributed by atoms with Gasteiger partial charge in [0.15, 0.2) is 6.61 Å². The Morgan fingerprint density at radius 2 is 1.82 bits per heavy atom. The molecule has 1 aliphatic heterocycles. The van der Waals surface area contributed by atoms with Gasteiger partial charge in [-0.15, -0.1) is 0 Å². The number of nitrogens with zero attached hydrogens (tertiary/aromatic N) is 1. The predicted octanol–water partition coefficient (Wildman–Crippen LogP) is 4.10. The van der Waals surface area contributed by atoms with Crippen molar-refractivity contribution in [2.75, 3.05) is 30.0 Å². The number of ether oxygens (including phenoxy) is 2. The largest absolute Gasteiger partial charge is 0.462 e. The van der Waals surface area contributed by atoms with E-state index in [0.29, 0.717) is 33.6 Å². The number of amides is 2. The molecule has 1 saturated heterocycles. The Labute approximate surface area is 200 Å². The van der Waals surface area contributed by atoms with E-state index in [1.165, 1.54) is 17.0 Å². The zero-order valence-corrected chi connectivity index (χ0v) is 19.3. The summed E-state index contributed by atoms with van der Waals surface area (Å²) in [5.41, 5.74) is 1.22. The third-order valence-corrected chi connectivity index (χ3v) is 5.40. The fourth-order valence-electron chi connectivity index (χ4n) is 3.21. The highest BCUT2D eigenvalue weighted by Gasteiger charge is 2.37. The van der Waals surface area contributed by atoms with Gasteiger partial charge in [-0.1, -0.05) is 30.1 Å². The normalized spacial score (nSPS) is 15.3. The molecule has 0 spiro atoms. The van der Waals surface area contributed by atoms with Gasteiger partial charge in [-0.05, 0) is 48.9 Å². The van der Waals surface area contributed by atoms with Crippen molar-refractivity contribution in [2.24, 2.45) is 5.92 Å². The Balaban J connectivity index is 1.49. The van der Waals surface area contributed by atoms with Gasteiger partial charge in [-0.3, -0.25) is 14.4 Å². The minimum Gasteiger partial charge on any atom is -0.462 e. The van der Waals surface area contributed by atoms with Crippen molar-refractivity contribution >= 4 is 58.3 Å². The summed E-state index contributed by atoms with van der Waals surface area (Å²) in [6, 6.07) is 10.9. The maximum absolute atomic E-state index is 12.4. The number of carbonyl (C=O) groups is 4. The van der Waals surface area contributed by atoms with Crippen molar-refractivity contribution in [2.45, 2.75) is 19.8 Å². The molecule has 3 rings (SSSR count). The molecule has 0 saturated carbocycles. The summed E-state index contributed by atoms with van der Waals surface area (Å²) in [5.74, 6) is -2.67. The maximum atomic E-state index is 12.4. The lowest BCUT2D eigenvalue weighted by Gasteiger charge is -2.18. The second-order valence-electron chi connectivity index (χ2n) is 7.37. The standard InChI is InChI=1S/C23H22Cl2N2O6/c1-2-9-32-22(30)14-3-6-17(7-4-14)26-20(28)13-33-23(31)15-10-21(29)27(12-15)19-11-16(24)5-8-18(19)25/h3-8,11,15H,2,9-10,12-13H2,1H3,(H,26,28)/t15-/m1/s1. The van der Waals surface area contributed by atoms with Gasteiger partial charge in [0.25, 0.3) is 5.91 Å². The summed E-state index contributed by atoms with van der Waals surface area (Å²) in [6.45, 7) is 1.80. The molecule has 1 N–H and O–H groups in total. The van der Waals surface area contributed by atoms with Gasteiger partial charge in [-0.2, -0.15) is 0 Å². The summed E-state index contributed by atoms with van der Waals surface area (Å²) in [5, 5.41) is 3.33. The molecular weight excluding hydrogens is 471 g/mol. The molecule has 2 aromatic carbocycles. The lowest BCUT2D eigenvalue weighted by Crippen LogP contribution is -2.28. The summed E-state index contributed by atoms with van der Waals surface area (Å²) in [6.07, 6.45) is 0.666. The van der Waals surface area contributed by atoms with E-state index >= 15 is 0 Å². The minimum atomic E-state index is -0.728. The summed E-state index contributed by atoms with van der Waals surface area (Å²) in [7, 11) is 0. The first-order valence-corrected chi connectivity index (χ1v) is 11.0. The Hall–Kier alpha value is -3.10. The fourth-order valence-corrected chi connectivity index (χ4v) is 3.60. The zero-order valence-electron chi connectivity index (χ0n) is 17.8. The highest BCUT2D eigenvalue weighted by atomic mass is 35.5. The molecule has 2 amide bonds. The molecule has 10 heteroatoms. The number of halogens is 2. The van der Waals surface area contributed by atoms with Crippen LogP contribution in [0, 0.1) is 5.92 Å². The van der Waals surface area contributed by atoms with Crippen molar-refractivity contribution in [3.05, 3.63) is 58.1 Å². The highest BCUT2D eigenvalue weighted by molar-refractivity contribution is 6.35. The molecule has 1 atom stereocenters. The first-order valence-electron chi connectivity index (χ1n) is 10.3. The Morgan fingerprint density at radius 1 is 1.09 bits per heavy atom. The van der Waals surface area contributed by atoms with Gasteiger partial charge in [0.05, 0.1) is 28.8 Å². The number of esters is 2. The van der Waals surface area contributed by atoms with Crippen LogP contribution >= 0.6 is 23.2 Å². The van der Waals surface area contributed by atoms with Crippen LogP contribution in [0.1, 0.15) is 30.1 Å². The molecule has 2 aromatic rings. The van der Waals surface area contributed by atoms with Crippen LogP contribution in [0.4, 0.5) is 11.4 Å². The number of hydrogen-bond acceptors (Lipinski definition) is 6. The SMILES string of the molecule is CCCOC(=O)c1ccc(NC(=O)COC(=O)[C@@H]2CC(=O)N(c3cc(Cl)ccc3Cl)C2)cc1. The number of rotatable bonds is 8. The van der Waals surface area contributed by atoms with Crippen LogP contribution in [-0.4, -0.2) is 43.5 Å². The van der Waals surface area contributed by atoms with Crippen LogP contribution in [0.25, 0.3) is 0 Å². The van der Waals surface area contributed by atoms with Crippen molar-refractivity contribution in [3.63, 3.8) is 0 Å². The number of anilines is 2. The lowest BCUT2D eigenvalue weighted by atomic mass is 10.1. The first-order chi connectivity index (χ1) is 15.8. The Bertz CT molecular complexity index is 1060. The molecule has 0 radical (unpaired) electrons. The summed E-state index contributed by atoms with van der Waals surface area (Å²) >= 11 is 12.1. The average molecular weight is 493 g/mol. The predicted molar refractivity (Wildman–Crippen MR) is 124 cm³/mol. The second-order valence-corrected chi connectivity index (χ2v) is 8.21. The third-order valence-electron chi connectivity index (χ3n) is 4.84. The lowest BCUT2D eigenvalue weighted by molar-refractivity contribution is -0.151. The Kier molecular flexibility index (Phi) is 8.30.